The van der Waals surface area contributed by atoms with Gasteiger partial charge in [-0.25, -0.2) is 4.98 Å². The molecule has 30 heavy (non-hydrogen) atoms. The van der Waals surface area contributed by atoms with Crippen molar-refractivity contribution < 1.29 is 4.79 Å². The number of fused-ring (bicyclic) bond motifs is 1. The Morgan fingerprint density at radius 2 is 1.43 bits per heavy atom. The summed E-state index contributed by atoms with van der Waals surface area (Å²) in [6.45, 7) is 0. The van der Waals surface area contributed by atoms with E-state index in [0.717, 1.165) is 5.56 Å². The van der Waals surface area contributed by atoms with Crippen molar-refractivity contribution in [2.75, 3.05) is 5.32 Å². The Kier molecular flexibility index (Phi) is 6.10. The Bertz CT molecular complexity index is 1310. The fraction of sp³-hybridized carbons (Fsp3) is 0. The molecule has 4 aromatic rings. The van der Waals surface area contributed by atoms with Crippen molar-refractivity contribution in [3.8, 4) is 11.3 Å². The van der Waals surface area contributed by atoms with Gasteiger partial charge in [0.05, 0.1) is 47.6 Å². The molecule has 1 aromatic heterocycles. The Balaban J connectivity index is 1.82. The van der Waals surface area contributed by atoms with Crippen molar-refractivity contribution >= 4 is 80.5 Å². The maximum Gasteiger partial charge on any atom is 0.256 e. The van der Waals surface area contributed by atoms with E-state index in [1.807, 2.05) is 24.3 Å². The predicted octanol–water partition coefficient (Wildman–Crippen LogP) is 8.42. The lowest BCUT2D eigenvalue weighted by Gasteiger charge is -2.12. The number of anilines is 1. The highest BCUT2D eigenvalue weighted by atomic mass is 35.5. The van der Waals surface area contributed by atoms with Gasteiger partial charge in [-0.05, 0) is 36.4 Å². The largest absolute Gasteiger partial charge is 0.321 e. The third-order valence-corrected chi connectivity index (χ3v) is 6.21. The van der Waals surface area contributed by atoms with Gasteiger partial charge in [-0.3, -0.25) is 4.79 Å². The van der Waals surface area contributed by atoms with Gasteiger partial charge in [0.15, 0.2) is 0 Å². The minimum Gasteiger partial charge on any atom is -0.321 e. The minimum atomic E-state index is -0.366. The van der Waals surface area contributed by atoms with Gasteiger partial charge in [0.25, 0.3) is 5.91 Å². The highest BCUT2D eigenvalue weighted by molar-refractivity contribution is 6.44. The lowest BCUT2D eigenvalue weighted by atomic mass is 10.0. The van der Waals surface area contributed by atoms with Crippen LogP contribution in [0.15, 0.2) is 60.7 Å². The number of hydrogen-bond donors (Lipinski definition) is 1. The summed E-state index contributed by atoms with van der Waals surface area (Å²) in [4.78, 5) is 17.8. The summed E-state index contributed by atoms with van der Waals surface area (Å²) in [7, 11) is 0. The molecule has 0 saturated carbocycles. The van der Waals surface area contributed by atoms with Gasteiger partial charge >= 0.3 is 0 Å². The average molecular weight is 497 g/mol. The van der Waals surface area contributed by atoms with Crippen LogP contribution in [0.2, 0.25) is 25.1 Å². The molecule has 3 nitrogen and oxygen atoms in total. The Labute approximate surface area is 197 Å². The van der Waals surface area contributed by atoms with E-state index in [4.69, 9.17) is 58.0 Å². The number of carbonyl (C=O) groups excluding carboxylic acids is 1. The molecule has 0 saturated heterocycles. The Hall–Kier alpha value is -2.01. The van der Waals surface area contributed by atoms with E-state index in [1.54, 1.807) is 24.3 Å². The number of halogens is 5. The number of pyridine rings is 1. The first-order valence-electron chi connectivity index (χ1n) is 8.64. The van der Waals surface area contributed by atoms with Crippen LogP contribution >= 0.6 is 58.0 Å². The first-order chi connectivity index (χ1) is 14.3. The average Bonchev–Trinajstić information content (AvgIpc) is 2.73. The molecule has 0 aliphatic carbocycles. The maximum absolute atomic E-state index is 13.2. The van der Waals surface area contributed by atoms with E-state index in [-0.39, 0.29) is 16.0 Å². The molecule has 0 radical (unpaired) electrons. The molecule has 0 aliphatic heterocycles. The van der Waals surface area contributed by atoms with Crippen LogP contribution in [0.5, 0.6) is 0 Å². The monoisotopic (exact) mass is 494 g/mol. The smallest absolute Gasteiger partial charge is 0.256 e. The number of nitrogens with zero attached hydrogens (tertiary/aromatic N) is 1. The second-order valence-corrected chi connectivity index (χ2v) is 8.44. The van der Waals surface area contributed by atoms with Crippen LogP contribution in [0, 0.1) is 0 Å². The standard InChI is InChI=1S/C22H11Cl5N2O/c23-14-6-5-11(7-15(14)24)20-8-13(12-3-1-2-4-19(12)28-20)22(30)29-21-10-17(26)16(25)9-18(21)27/h1-10H,(H,29,30). The van der Waals surface area contributed by atoms with Gasteiger partial charge in [-0.2, -0.15) is 0 Å². The highest BCUT2D eigenvalue weighted by Gasteiger charge is 2.16. The topological polar surface area (TPSA) is 42.0 Å². The number of aromatic nitrogens is 1. The fourth-order valence-electron chi connectivity index (χ4n) is 2.97. The van der Waals surface area contributed by atoms with E-state index in [0.29, 0.717) is 42.9 Å². The molecule has 3 aromatic carbocycles. The third kappa shape index (κ3) is 4.22. The van der Waals surface area contributed by atoms with Crippen molar-refractivity contribution in [1.82, 2.24) is 4.98 Å². The highest BCUT2D eigenvalue weighted by Crippen LogP contribution is 2.34. The molecule has 1 N–H and O–H groups in total. The fourth-order valence-corrected chi connectivity index (χ4v) is 3.87. The van der Waals surface area contributed by atoms with Gasteiger partial charge in [-0.1, -0.05) is 82.3 Å². The summed E-state index contributed by atoms with van der Waals surface area (Å²) in [5, 5.41) is 5.19. The van der Waals surface area contributed by atoms with Crippen molar-refractivity contribution in [2.24, 2.45) is 0 Å². The number of rotatable bonds is 3. The number of amides is 1. The SMILES string of the molecule is O=C(Nc1cc(Cl)c(Cl)cc1Cl)c1cc(-c2ccc(Cl)c(Cl)c2)nc2ccccc12. The lowest BCUT2D eigenvalue weighted by molar-refractivity contribution is 0.102. The summed E-state index contributed by atoms with van der Waals surface area (Å²) < 4.78 is 0. The van der Waals surface area contributed by atoms with Crippen molar-refractivity contribution in [3.05, 3.63) is 91.3 Å². The van der Waals surface area contributed by atoms with Crippen LogP contribution in [-0.4, -0.2) is 10.9 Å². The quantitative estimate of drug-likeness (QED) is 0.289. The molecule has 1 amide bonds. The first-order valence-corrected chi connectivity index (χ1v) is 10.5. The van der Waals surface area contributed by atoms with Gasteiger partial charge in [0, 0.05) is 10.9 Å². The first kappa shape index (κ1) is 21.2. The second kappa shape index (κ2) is 8.62. The van der Waals surface area contributed by atoms with Crippen LogP contribution in [0.25, 0.3) is 22.2 Å². The number of hydrogen-bond acceptors (Lipinski definition) is 2. The predicted molar refractivity (Wildman–Crippen MR) is 127 cm³/mol. The number of benzene rings is 3. The summed E-state index contributed by atoms with van der Waals surface area (Å²) in [5.74, 6) is -0.366. The molecule has 4 rings (SSSR count). The van der Waals surface area contributed by atoms with Gasteiger partial charge < -0.3 is 5.32 Å². The summed E-state index contributed by atoms with van der Waals surface area (Å²) in [6.07, 6.45) is 0. The lowest BCUT2D eigenvalue weighted by Crippen LogP contribution is -2.13. The molecule has 0 aliphatic rings. The molecule has 8 heteroatoms. The van der Waals surface area contributed by atoms with E-state index < -0.39 is 0 Å². The second-order valence-electron chi connectivity index (χ2n) is 6.40. The number of nitrogens with one attached hydrogen (secondary N) is 1. The van der Waals surface area contributed by atoms with Gasteiger partial charge in [0.1, 0.15) is 0 Å². The zero-order valence-corrected chi connectivity index (χ0v) is 18.8. The van der Waals surface area contributed by atoms with Crippen LogP contribution in [0.4, 0.5) is 5.69 Å². The van der Waals surface area contributed by atoms with Crippen LogP contribution in [0.3, 0.4) is 0 Å². The molecular formula is C22H11Cl5N2O. The molecular weight excluding hydrogens is 486 g/mol. The normalized spacial score (nSPS) is 11.0. The number of carbonyl (C=O) groups is 1. The molecule has 0 bridgehead atoms. The Morgan fingerprint density at radius 3 is 2.20 bits per heavy atom. The van der Waals surface area contributed by atoms with E-state index in [1.165, 1.54) is 12.1 Å². The van der Waals surface area contributed by atoms with Crippen molar-refractivity contribution in [1.29, 1.82) is 0 Å². The summed E-state index contributed by atoms with van der Waals surface area (Å²) in [6, 6.07) is 17.2. The Morgan fingerprint density at radius 1 is 0.733 bits per heavy atom. The van der Waals surface area contributed by atoms with Crippen molar-refractivity contribution in [3.63, 3.8) is 0 Å². The van der Waals surface area contributed by atoms with Crippen LogP contribution in [0.1, 0.15) is 10.4 Å². The molecule has 1 heterocycles. The molecule has 0 spiro atoms. The van der Waals surface area contributed by atoms with Crippen LogP contribution in [-0.2, 0) is 0 Å². The van der Waals surface area contributed by atoms with Crippen LogP contribution < -0.4 is 5.32 Å². The van der Waals surface area contributed by atoms with Gasteiger partial charge in [0.2, 0.25) is 0 Å². The van der Waals surface area contributed by atoms with E-state index in [9.17, 15) is 4.79 Å². The molecule has 150 valence electrons. The van der Waals surface area contributed by atoms with E-state index >= 15 is 0 Å². The molecule has 0 atom stereocenters. The summed E-state index contributed by atoms with van der Waals surface area (Å²) in [5.41, 5.74) is 2.75. The minimum absolute atomic E-state index is 0.279. The summed E-state index contributed by atoms with van der Waals surface area (Å²) >= 11 is 30.4. The molecule has 0 unspecified atom stereocenters. The zero-order chi connectivity index (χ0) is 21.4. The maximum atomic E-state index is 13.2. The zero-order valence-electron chi connectivity index (χ0n) is 15.0. The van der Waals surface area contributed by atoms with Crippen molar-refractivity contribution in [2.45, 2.75) is 0 Å². The molecule has 0 fully saturated rings. The van der Waals surface area contributed by atoms with Gasteiger partial charge in [-0.15, -0.1) is 0 Å². The van der Waals surface area contributed by atoms with E-state index in [2.05, 4.69) is 10.3 Å². The third-order valence-electron chi connectivity index (χ3n) is 4.43. The number of para-hydroxylation sites is 1.